The Balaban J connectivity index is 0.00000220. The summed E-state index contributed by atoms with van der Waals surface area (Å²) in [4.78, 5) is 12.1. The highest BCUT2D eigenvalue weighted by Crippen LogP contribution is 2.32. The molecule has 2 atom stereocenters. The fraction of sp³-hybridized carbons (Fsp3) is 0.588. The maximum absolute atomic E-state index is 12.1. The average molecular weight is 311 g/mol. The van der Waals surface area contributed by atoms with E-state index in [0.717, 1.165) is 24.7 Å². The Morgan fingerprint density at radius 2 is 2.14 bits per heavy atom. The first-order chi connectivity index (χ1) is 9.67. The van der Waals surface area contributed by atoms with Crippen LogP contribution >= 0.6 is 12.4 Å². The van der Waals surface area contributed by atoms with E-state index < -0.39 is 0 Å². The molecule has 1 aromatic carbocycles. The Morgan fingerprint density at radius 1 is 1.33 bits per heavy atom. The summed E-state index contributed by atoms with van der Waals surface area (Å²) >= 11 is 0. The molecule has 1 amide bonds. The maximum atomic E-state index is 12.1. The van der Waals surface area contributed by atoms with Gasteiger partial charge in [-0.2, -0.15) is 0 Å². The molecular weight excluding hydrogens is 284 g/mol. The molecule has 1 aliphatic rings. The fourth-order valence-electron chi connectivity index (χ4n) is 3.01. The van der Waals surface area contributed by atoms with Gasteiger partial charge in [0.1, 0.15) is 0 Å². The summed E-state index contributed by atoms with van der Waals surface area (Å²) in [6.07, 6.45) is 4.35. The van der Waals surface area contributed by atoms with Gasteiger partial charge in [0.15, 0.2) is 0 Å². The van der Waals surface area contributed by atoms with Crippen LogP contribution in [0.25, 0.3) is 0 Å². The quantitative estimate of drug-likeness (QED) is 0.834. The van der Waals surface area contributed by atoms with Crippen molar-refractivity contribution in [1.82, 2.24) is 5.32 Å². The number of hydrogen-bond acceptors (Lipinski definition) is 2. The minimum atomic E-state index is 0. The van der Waals surface area contributed by atoms with Gasteiger partial charge in [-0.1, -0.05) is 32.4 Å². The van der Waals surface area contributed by atoms with Crippen LogP contribution in [0.2, 0.25) is 0 Å². The predicted molar refractivity (Wildman–Crippen MR) is 90.8 cm³/mol. The molecule has 21 heavy (non-hydrogen) atoms. The van der Waals surface area contributed by atoms with Crippen molar-refractivity contribution in [2.45, 2.75) is 46.1 Å². The highest BCUT2D eigenvalue weighted by Gasteiger charge is 2.23. The van der Waals surface area contributed by atoms with Gasteiger partial charge < -0.3 is 10.6 Å². The van der Waals surface area contributed by atoms with Crippen LogP contribution in [-0.4, -0.2) is 12.5 Å². The molecule has 1 aliphatic carbocycles. The maximum Gasteiger partial charge on any atom is 0.224 e. The molecule has 2 rings (SSSR count). The van der Waals surface area contributed by atoms with Crippen LogP contribution in [-0.2, 0) is 11.3 Å². The number of hydrogen-bond donors (Lipinski definition) is 2. The monoisotopic (exact) mass is 310 g/mol. The summed E-state index contributed by atoms with van der Waals surface area (Å²) in [5.74, 6) is 1.52. The first-order valence-electron chi connectivity index (χ1n) is 7.77. The first-order valence-corrected chi connectivity index (χ1v) is 7.77. The number of carbonyl (C=O) groups is 1. The molecule has 3 nitrogen and oxygen atoms in total. The molecule has 0 spiro atoms. The number of nitrogens with one attached hydrogen (secondary N) is 2. The fourth-order valence-corrected chi connectivity index (χ4v) is 3.01. The van der Waals surface area contributed by atoms with Crippen molar-refractivity contribution >= 4 is 24.0 Å². The predicted octanol–water partition coefficient (Wildman–Crippen LogP) is 3.98. The minimum absolute atomic E-state index is 0. The Bertz CT molecular complexity index is 450. The topological polar surface area (TPSA) is 41.1 Å². The molecule has 0 bridgehead atoms. The Kier molecular flexibility index (Phi) is 7.76. The second-order valence-electron chi connectivity index (χ2n) is 6.02. The highest BCUT2D eigenvalue weighted by atomic mass is 35.5. The van der Waals surface area contributed by atoms with Crippen molar-refractivity contribution in [3.05, 3.63) is 29.8 Å². The molecule has 118 valence electrons. The van der Waals surface area contributed by atoms with Crippen LogP contribution < -0.4 is 10.6 Å². The molecule has 2 unspecified atom stereocenters. The molecule has 1 saturated carbocycles. The standard InChI is InChI=1S/C17H26N2O.ClH/c1-3-18-12-15-5-4-6-16(10-15)19-17(20)11-14-8-7-13(2)9-14;/h4-6,10,13-14,18H,3,7-9,11-12H2,1-2H3,(H,19,20);1H. The number of carbonyl (C=O) groups excluding carboxylic acids is 1. The van der Waals surface area contributed by atoms with Gasteiger partial charge in [-0.15, -0.1) is 12.4 Å². The van der Waals surface area contributed by atoms with Crippen molar-refractivity contribution in [2.75, 3.05) is 11.9 Å². The van der Waals surface area contributed by atoms with Crippen molar-refractivity contribution < 1.29 is 4.79 Å². The third-order valence-corrected chi connectivity index (χ3v) is 4.07. The Labute approximate surface area is 134 Å². The van der Waals surface area contributed by atoms with Crippen molar-refractivity contribution in [1.29, 1.82) is 0 Å². The van der Waals surface area contributed by atoms with Crippen molar-refractivity contribution in [3.8, 4) is 0 Å². The van der Waals surface area contributed by atoms with E-state index in [4.69, 9.17) is 0 Å². The van der Waals surface area contributed by atoms with Gasteiger partial charge in [0.2, 0.25) is 5.91 Å². The molecule has 1 fully saturated rings. The lowest BCUT2D eigenvalue weighted by Crippen LogP contribution is -2.16. The van der Waals surface area contributed by atoms with E-state index in [1.54, 1.807) is 0 Å². The highest BCUT2D eigenvalue weighted by molar-refractivity contribution is 5.90. The molecule has 0 radical (unpaired) electrons. The molecular formula is C17H27ClN2O. The van der Waals surface area contributed by atoms with E-state index in [-0.39, 0.29) is 18.3 Å². The summed E-state index contributed by atoms with van der Waals surface area (Å²) < 4.78 is 0. The van der Waals surface area contributed by atoms with Crippen molar-refractivity contribution in [3.63, 3.8) is 0 Å². The third kappa shape index (κ3) is 6.06. The van der Waals surface area contributed by atoms with Gasteiger partial charge >= 0.3 is 0 Å². The molecule has 2 N–H and O–H groups in total. The van der Waals surface area contributed by atoms with E-state index in [1.165, 1.54) is 24.8 Å². The largest absolute Gasteiger partial charge is 0.326 e. The molecule has 1 aromatic rings. The molecule has 0 heterocycles. The van der Waals surface area contributed by atoms with Gasteiger partial charge in [0.05, 0.1) is 0 Å². The molecule has 0 saturated heterocycles. The number of halogens is 1. The summed E-state index contributed by atoms with van der Waals surface area (Å²) in [6, 6.07) is 8.10. The van der Waals surface area contributed by atoms with Crippen LogP contribution in [0.15, 0.2) is 24.3 Å². The lowest BCUT2D eigenvalue weighted by atomic mass is 10.0. The van der Waals surface area contributed by atoms with Crippen LogP contribution in [0.1, 0.15) is 45.1 Å². The number of amides is 1. The average Bonchev–Trinajstić information content (AvgIpc) is 2.82. The van der Waals surface area contributed by atoms with Crippen LogP contribution in [0.4, 0.5) is 5.69 Å². The van der Waals surface area contributed by atoms with Crippen molar-refractivity contribution in [2.24, 2.45) is 11.8 Å². The lowest BCUT2D eigenvalue weighted by molar-refractivity contribution is -0.117. The summed E-state index contributed by atoms with van der Waals surface area (Å²) in [7, 11) is 0. The van der Waals surface area contributed by atoms with Gasteiger partial charge in [-0.3, -0.25) is 4.79 Å². The molecule has 4 heteroatoms. The normalized spacial score (nSPS) is 20.9. The van der Waals surface area contributed by atoms with Crippen LogP contribution in [0.3, 0.4) is 0 Å². The van der Waals surface area contributed by atoms with E-state index in [9.17, 15) is 4.79 Å². The van der Waals surface area contributed by atoms with Crippen LogP contribution in [0.5, 0.6) is 0 Å². The lowest BCUT2D eigenvalue weighted by Gasteiger charge is -2.11. The summed E-state index contributed by atoms with van der Waals surface area (Å²) in [5.41, 5.74) is 2.12. The molecule has 0 aromatic heterocycles. The number of rotatable bonds is 6. The Hall–Kier alpha value is -1.06. The van der Waals surface area contributed by atoms with E-state index in [1.807, 2.05) is 12.1 Å². The zero-order chi connectivity index (χ0) is 14.4. The van der Waals surface area contributed by atoms with E-state index in [0.29, 0.717) is 12.3 Å². The SMILES string of the molecule is CCNCc1cccc(NC(=O)CC2CCC(C)C2)c1.Cl. The summed E-state index contributed by atoms with van der Waals surface area (Å²) in [5, 5.41) is 6.33. The van der Waals surface area contributed by atoms with Gasteiger partial charge in [0, 0.05) is 18.7 Å². The second kappa shape index (κ2) is 9.06. The zero-order valence-electron chi connectivity index (χ0n) is 13.0. The molecule has 0 aliphatic heterocycles. The summed E-state index contributed by atoms with van der Waals surface area (Å²) in [6.45, 7) is 6.17. The zero-order valence-corrected chi connectivity index (χ0v) is 13.8. The second-order valence-corrected chi connectivity index (χ2v) is 6.02. The number of benzene rings is 1. The first kappa shape index (κ1) is 18.0. The minimum Gasteiger partial charge on any atom is -0.326 e. The smallest absolute Gasteiger partial charge is 0.224 e. The Morgan fingerprint density at radius 3 is 2.81 bits per heavy atom. The van der Waals surface area contributed by atoms with Gasteiger partial charge in [-0.25, -0.2) is 0 Å². The van der Waals surface area contributed by atoms with E-state index in [2.05, 4.69) is 36.6 Å². The third-order valence-electron chi connectivity index (χ3n) is 4.07. The van der Waals surface area contributed by atoms with Crippen LogP contribution in [0, 0.1) is 11.8 Å². The van der Waals surface area contributed by atoms with Gasteiger partial charge in [-0.05, 0) is 48.9 Å². The van der Waals surface area contributed by atoms with E-state index >= 15 is 0 Å². The number of anilines is 1. The van der Waals surface area contributed by atoms with Gasteiger partial charge in [0.25, 0.3) is 0 Å².